The van der Waals surface area contributed by atoms with Crippen LogP contribution >= 0.6 is 50.5 Å². The highest BCUT2D eigenvalue weighted by atomic mass is 79.9. The molecule has 1 heterocycles. The predicted octanol–water partition coefficient (Wildman–Crippen LogP) is 6.55. The van der Waals surface area contributed by atoms with Crippen LogP contribution in [0.5, 0.6) is 0 Å². The maximum atomic E-state index is 6.33. The van der Waals surface area contributed by atoms with E-state index < -0.39 is 0 Å². The molecule has 0 amide bonds. The van der Waals surface area contributed by atoms with E-state index in [2.05, 4.69) is 40.3 Å². The van der Waals surface area contributed by atoms with Crippen molar-refractivity contribution >= 4 is 50.5 Å². The third-order valence-corrected chi connectivity index (χ3v) is 5.42. The Hall–Kier alpha value is -0.0600. The number of hydrogen-bond acceptors (Lipinski definition) is 2. The largest absolute Gasteiger partial charge is 0.312 e. The highest BCUT2D eigenvalue weighted by Gasteiger charge is 2.15. The summed E-state index contributed by atoms with van der Waals surface area (Å²) >= 11 is 17.8. The minimum atomic E-state index is 0.395. The molecule has 0 saturated heterocycles. The van der Waals surface area contributed by atoms with E-state index in [-0.39, 0.29) is 0 Å². The van der Waals surface area contributed by atoms with Crippen LogP contribution in [0.1, 0.15) is 30.7 Å². The molecule has 1 nitrogen and oxygen atoms in total. The van der Waals surface area contributed by atoms with Gasteiger partial charge < -0.3 is 5.32 Å². The van der Waals surface area contributed by atoms with Crippen LogP contribution < -0.4 is 5.32 Å². The topological polar surface area (TPSA) is 12.0 Å². The molecule has 1 unspecified atom stereocenters. The first-order valence-corrected chi connectivity index (χ1v) is 8.85. The van der Waals surface area contributed by atoms with Gasteiger partial charge >= 0.3 is 0 Å². The minimum absolute atomic E-state index is 0.395. The Bertz CT molecular complexity index is 574. The minimum Gasteiger partial charge on any atom is -0.312 e. The average molecular weight is 393 g/mol. The van der Waals surface area contributed by atoms with Crippen LogP contribution in [0.4, 0.5) is 0 Å². The molecule has 5 heteroatoms. The van der Waals surface area contributed by atoms with Gasteiger partial charge in [-0.1, -0.05) is 52.5 Å². The standard InChI is InChI=1S/C15H16BrCl2NS/c1-3-4-12(19-2)13-5-6-14(20-13)15-10(17)7-9(16)8-11(15)18/h5-8,12,19H,3-4H2,1-2H3. The highest BCUT2D eigenvalue weighted by Crippen LogP contribution is 2.41. The SMILES string of the molecule is CCCC(NC)c1ccc(-c2c(Cl)cc(Br)cc2Cl)s1. The molecular weight excluding hydrogens is 377 g/mol. The maximum Gasteiger partial charge on any atom is 0.0518 e. The summed E-state index contributed by atoms with van der Waals surface area (Å²) in [5.74, 6) is 0. The van der Waals surface area contributed by atoms with Crippen LogP contribution in [0.15, 0.2) is 28.7 Å². The Morgan fingerprint density at radius 3 is 2.45 bits per heavy atom. The first kappa shape index (κ1) is 16.3. The fourth-order valence-electron chi connectivity index (χ4n) is 2.17. The summed E-state index contributed by atoms with van der Waals surface area (Å²) < 4.78 is 0.895. The molecule has 0 aliphatic carbocycles. The monoisotopic (exact) mass is 391 g/mol. The van der Waals surface area contributed by atoms with Crippen LogP contribution in [-0.2, 0) is 0 Å². The summed E-state index contributed by atoms with van der Waals surface area (Å²) in [6.45, 7) is 2.20. The van der Waals surface area contributed by atoms with Crippen molar-refractivity contribution in [3.63, 3.8) is 0 Å². The third-order valence-electron chi connectivity index (χ3n) is 3.15. The quantitative estimate of drug-likeness (QED) is 0.608. The first-order chi connectivity index (χ1) is 9.56. The van der Waals surface area contributed by atoms with E-state index in [4.69, 9.17) is 23.2 Å². The lowest BCUT2D eigenvalue weighted by Gasteiger charge is -2.12. The number of nitrogens with one attached hydrogen (secondary N) is 1. The second kappa shape index (κ2) is 7.28. The molecule has 0 radical (unpaired) electrons. The number of hydrogen-bond donors (Lipinski definition) is 1. The zero-order valence-corrected chi connectivity index (χ0v) is 15.3. The molecular formula is C15H16BrCl2NS. The molecule has 1 N–H and O–H groups in total. The van der Waals surface area contributed by atoms with Gasteiger partial charge in [-0.3, -0.25) is 0 Å². The van der Waals surface area contributed by atoms with Gasteiger partial charge in [0, 0.05) is 25.8 Å². The summed E-state index contributed by atoms with van der Waals surface area (Å²) in [4.78, 5) is 2.43. The molecule has 108 valence electrons. The van der Waals surface area contributed by atoms with Crippen molar-refractivity contribution in [2.24, 2.45) is 0 Å². The number of benzene rings is 1. The fraction of sp³-hybridized carbons (Fsp3) is 0.333. The number of halogens is 3. The van der Waals surface area contributed by atoms with Gasteiger partial charge in [-0.2, -0.15) is 0 Å². The van der Waals surface area contributed by atoms with E-state index in [1.807, 2.05) is 19.2 Å². The van der Waals surface area contributed by atoms with Gasteiger partial charge in [-0.15, -0.1) is 11.3 Å². The van der Waals surface area contributed by atoms with Crippen molar-refractivity contribution in [1.29, 1.82) is 0 Å². The van der Waals surface area contributed by atoms with Crippen LogP contribution in [0.25, 0.3) is 10.4 Å². The van der Waals surface area contributed by atoms with E-state index in [1.165, 1.54) is 4.88 Å². The molecule has 1 atom stereocenters. The van der Waals surface area contributed by atoms with E-state index in [0.717, 1.165) is 27.8 Å². The summed E-state index contributed by atoms with van der Waals surface area (Å²) in [6.07, 6.45) is 2.27. The van der Waals surface area contributed by atoms with E-state index in [9.17, 15) is 0 Å². The summed E-state index contributed by atoms with van der Waals surface area (Å²) in [6, 6.07) is 8.41. The predicted molar refractivity (Wildman–Crippen MR) is 94.2 cm³/mol. The average Bonchev–Trinajstić information content (AvgIpc) is 2.84. The van der Waals surface area contributed by atoms with E-state index >= 15 is 0 Å². The molecule has 1 aromatic carbocycles. The Balaban J connectivity index is 2.38. The third kappa shape index (κ3) is 3.58. The summed E-state index contributed by atoms with van der Waals surface area (Å²) in [5.41, 5.74) is 0.916. The highest BCUT2D eigenvalue weighted by molar-refractivity contribution is 9.10. The number of thiophene rings is 1. The van der Waals surface area contributed by atoms with Gasteiger partial charge in [0.1, 0.15) is 0 Å². The van der Waals surface area contributed by atoms with Crippen molar-refractivity contribution < 1.29 is 0 Å². The fourth-order valence-corrected chi connectivity index (χ4v) is 4.92. The Kier molecular flexibility index (Phi) is 5.94. The van der Waals surface area contributed by atoms with Crippen LogP contribution in [0.2, 0.25) is 10.0 Å². The van der Waals surface area contributed by atoms with Crippen molar-refractivity contribution in [1.82, 2.24) is 5.32 Å². The molecule has 2 aromatic rings. The molecule has 0 aliphatic rings. The lowest BCUT2D eigenvalue weighted by atomic mass is 10.1. The van der Waals surface area contributed by atoms with Crippen molar-refractivity contribution in [3.05, 3.63) is 43.7 Å². The normalized spacial score (nSPS) is 12.7. The van der Waals surface area contributed by atoms with Gasteiger partial charge in [-0.05, 0) is 37.7 Å². The maximum absolute atomic E-state index is 6.33. The Labute approximate surface area is 142 Å². The lowest BCUT2D eigenvalue weighted by molar-refractivity contribution is 0.550. The van der Waals surface area contributed by atoms with Gasteiger partial charge in [-0.25, -0.2) is 0 Å². The molecule has 0 saturated carbocycles. The van der Waals surface area contributed by atoms with Crippen LogP contribution in [0.3, 0.4) is 0 Å². The van der Waals surface area contributed by atoms with Crippen molar-refractivity contribution in [2.75, 3.05) is 7.05 Å². The molecule has 0 fully saturated rings. The smallest absolute Gasteiger partial charge is 0.0518 e. The van der Waals surface area contributed by atoms with Crippen molar-refractivity contribution in [2.45, 2.75) is 25.8 Å². The van der Waals surface area contributed by atoms with Gasteiger partial charge in [0.05, 0.1) is 10.0 Å². The molecule has 1 aromatic heterocycles. The first-order valence-electron chi connectivity index (χ1n) is 6.48. The van der Waals surface area contributed by atoms with Gasteiger partial charge in [0.15, 0.2) is 0 Å². The van der Waals surface area contributed by atoms with Gasteiger partial charge in [0.25, 0.3) is 0 Å². The second-order valence-electron chi connectivity index (χ2n) is 4.58. The molecule has 0 spiro atoms. The number of rotatable bonds is 5. The summed E-state index contributed by atoms with van der Waals surface area (Å²) in [7, 11) is 2.00. The van der Waals surface area contributed by atoms with E-state index in [0.29, 0.717) is 16.1 Å². The van der Waals surface area contributed by atoms with Crippen LogP contribution in [0, 0.1) is 0 Å². The second-order valence-corrected chi connectivity index (χ2v) is 7.42. The Morgan fingerprint density at radius 1 is 1.25 bits per heavy atom. The Morgan fingerprint density at radius 2 is 1.90 bits per heavy atom. The van der Waals surface area contributed by atoms with Gasteiger partial charge in [0.2, 0.25) is 0 Å². The molecule has 0 aliphatic heterocycles. The summed E-state index contributed by atoms with van der Waals surface area (Å²) in [5, 5.41) is 4.71. The lowest BCUT2D eigenvalue weighted by Crippen LogP contribution is -2.14. The van der Waals surface area contributed by atoms with E-state index in [1.54, 1.807) is 11.3 Å². The zero-order chi connectivity index (χ0) is 14.7. The van der Waals surface area contributed by atoms with Crippen molar-refractivity contribution in [3.8, 4) is 10.4 Å². The molecule has 20 heavy (non-hydrogen) atoms. The zero-order valence-electron chi connectivity index (χ0n) is 11.3. The molecule has 0 bridgehead atoms. The molecule has 2 rings (SSSR count). The van der Waals surface area contributed by atoms with Crippen LogP contribution in [-0.4, -0.2) is 7.05 Å².